The van der Waals surface area contributed by atoms with Crippen molar-refractivity contribution >= 4 is 33.6 Å². The summed E-state index contributed by atoms with van der Waals surface area (Å²) in [4.78, 5) is 58.4. The number of phosphoric acid groups is 2. The van der Waals surface area contributed by atoms with Crippen LogP contribution in [0.1, 0.15) is 342 Å². The quantitative estimate of drug-likeness (QED) is 0.0146. The van der Waals surface area contributed by atoms with Gasteiger partial charge in [0.05, 0.1) is 26.4 Å². The number of unbranched alkanes of at least 4 members (excludes halogenated alkanes) is 40. The molecule has 91 heavy (non-hydrogen) atoms. The van der Waals surface area contributed by atoms with Crippen LogP contribution in [-0.4, -0.2) is 95.9 Å². The van der Waals surface area contributed by atoms with Gasteiger partial charge in [-0.25, -0.2) is 9.13 Å². The number of carbonyl (C=O) groups excluding carboxylic acids is 3. The number of allylic oxidation sites excluding steroid dienone is 8. The van der Waals surface area contributed by atoms with Crippen LogP contribution in [0.4, 0.5) is 0 Å². The summed E-state index contributed by atoms with van der Waals surface area (Å²) in [6.07, 6.45) is 68.9. The molecular weight excluding hydrogens is 1190 g/mol. The van der Waals surface area contributed by atoms with Crippen LogP contribution in [0, 0.1) is 0 Å². The predicted molar refractivity (Wildman–Crippen MR) is 372 cm³/mol. The third-order valence-electron chi connectivity index (χ3n) is 16.1. The standard InChI is InChI=1S/C73H136O16P2/c1-4-7-10-13-16-19-22-25-26-27-28-29-30-31-32-33-34-35-36-37-38-39-40-43-45-47-50-53-56-59-71(76)83-62-68(74)63-85-90(79,80)86-64-69(75)65-87-91(81,82)88-67-70(89-73(78)61-58-55-52-49-46-42-24-21-18-15-12-9-6-3)66-84-72(77)60-57-54-51-48-44-41-23-20-17-14-11-8-5-2/h16,19,25-26,28-29,31-32,68-70,74-75H,4-15,17-18,20-24,27,30,33-67H2,1-3H3,(H,79,80)(H,81,82)/b19-16-,26-25-,29-28-,32-31-. The van der Waals surface area contributed by atoms with Crippen LogP contribution in [0.5, 0.6) is 0 Å². The van der Waals surface area contributed by atoms with Gasteiger partial charge in [-0.3, -0.25) is 32.5 Å². The topological polar surface area (TPSA) is 231 Å². The van der Waals surface area contributed by atoms with Crippen molar-refractivity contribution in [1.82, 2.24) is 0 Å². The van der Waals surface area contributed by atoms with Gasteiger partial charge in [-0.05, 0) is 64.2 Å². The molecule has 0 aliphatic heterocycles. The molecule has 0 aromatic rings. The molecule has 534 valence electrons. The number of hydrogen-bond acceptors (Lipinski definition) is 14. The fourth-order valence-electron chi connectivity index (χ4n) is 10.4. The van der Waals surface area contributed by atoms with E-state index in [1.807, 2.05) is 0 Å². The van der Waals surface area contributed by atoms with Gasteiger partial charge in [0.2, 0.25) is 0 Å². The van der Waals surface area contributed by atoms with Crippen LogP contribution in [-0.2, 0) is 55.8 Å². The molecule has 18 heteroatoms. The molecule has 0 bridgehead atoms. The average Bonchev–Trinajstić information content (AvgIpc) is 3.56. The molecule has 0 aromatic heterocycles. The highest BCUT2D eigenvalue weighted by atomic mass is 31.2. The maximum atomic E-state index is 12.9. The molecule has 0 aliphatic carbocycles. The number of esters is 3. The van der Waals surface area contributed by atoms with Gasteiger partial charge in [0.1, 0.15) is 25.4 Å². The summed E-state index contributed by atoms with van der Waals surface area (Å²) in [6, 6.07) is 0. The second kappa shape index (κ2) is 67.5. The second-order valence-corrected chi connectivity index (χ2v) is 28.0. The number of ether oxygens (including phenoxy) is 3. The summed E-state index contributed by atoms with van der Waals surface area (Å²) >= 11 is 0. The lowest BCUT2D eigenvalue weighted by molar-refractivity contribution is -0.161. The first-order valence-electron chi connectivity index (χ1n) is 36.9. The van der Waals surface area contributed by atoms with E-state index in [-0.39, 0.29) is 19.3 Å². The highest BCUT2D eigenvalue weighted by Gasteiger charge is 2.29. The van der Waals surface area contributed by atoms with E-state index in [0.29, 0.717) is 19.3 Å². The average molecular weight is 1330 g/mol. The maximum absolute atomic E-state index is 12.9. The van der Waals surface area contributed by atoms with E-state index in [4.69, 9.17) is 32.3 Å². The van der Waals surface area contributed by atoms with Crippen molar-refractivity contribution in [3.05, 3.63) is 48.6 Å². The Kier molecular flexibility index (Phi) is 65.6. The Morgan fingerprint density at radius 3 is 0.890 bits per heavy atom. The third kappa shape index (κ3) is 68.7. The summed E-state index contributed by atoms with van der Waals surface area (Å²) < 4.78 is 60.9. The number of phosphoric ester groups is 2. The highest BCUT2D eigenvalue weighted by Crippen LogP contribution is 2.45. The Morgan fingerprint density at radius 1 is 0.308 bits per heavy atom. The van der Waals surface area contributed by atoms with Gasteiger partial charge in [0, 0.05) is 19.3 Å². The summed E-state index contributed by atoms with van der Waals surface area (Å²) in [6.45, 7) is 2.70. The third-order valence-corrected chi connectivity index (χ3v) is 18.0. The molecule has 5 atom stereocenters. The molecule has 0 amide bonds. The fraction of sp³-hybridized carbons (Fsp3) is 0.849. The van der Waals surface area contributed by atoms with Crippen LogP contribution in [0.15, 0.2) is 48.6 Å². The molecule has 0 rings (SSSR count). The first-order valence-corrected chi connectivity index (χ1v) is 39.9. The van der Waals surface area contributed by atoms with Gasteiger partial charge in [0.15, 0.2) is 6.10 Å². The zero-order valence-electron chi connectivity index (χ0n) is 58.0. The smallest absolute Gasteiger partial charge is 0.463 e. The van der Waals surface area contributed by atoms with Gasteiger partial charge in [-0.15, -0.1) is 0 Å². The zero-order chi connectivity index (χ0) is 66.7. The summed E-state index contributed by atoms with van der Waals surface area (Å²) in [5.41, 5.74) is 0. The minimum Gasteiger partial charge on any atom is -0.463 e. The van der Waals surface area contributed by atoms with Crippen LogP contribution >= 0.6 is 15.6 Å². The zero-order valence-corrected chi connectivity index (χ0v) is 59.8. The van der Waals surface area contributed by atoms with Crippen molar-refractivity contribution in [3.63, 3.8) is 0 Å². The van der Waals surface area contributed by atoms with Crippen molar-refractivity contribution in [2.24, 2.45) is 0 Å². The van der Waals surface area contributed by atoms with E-state index >= 15 is 0 Å². The number of aliphatic hydroxyl groups is 2. The van der Waals surface area contributed by atoms with Crippen LogP contribution < -0.4 is 0 Å². The molecule has 5 unspecified atom stereocenters. The minimum absolute atomic E-state index is 0.114. The first kappa shape index (κ1) is 88.5. The summed E-state index contributed by atoms with van der Waals surface area (Å²) in [5.74, 6) is -1.55. The molecular formula is C73H136O16P2. The van der Waals surface area contributed by atoms with Crippen LogP contribution in [0.2, 0.25) is 0 Å². The Bertz CT molecular complexity index is 1860. The largest absolute Gasteiger partial charge is 0.472 e. The van der Waals surface area contributed by atoms with Gasteiger partial charge in [-0.2, -0.15) is 0 Å². The van der Waals surface area contributed by atoms with E-state index in [1.165, 1.54) is 193 Å². The van der Waals surface area contributed by atoms with Crippen molar-refractivity contribution in [2.45, 2.75) is 360 Å². The monoisotopic (exact) mass is 1330 g/mol. The van der Waals surface area contributed by atoms with E-state index in [2.05, 4.69) is 69.4 Å². The molecule has 0 aliphatic rings. The van der Waals surface area contributed by atoms with Gasteiger partial charge >= 0.3 is 33.6 Å². The molecule has 0 saturated carbocycles. The van der Waals surface area contributed by atoms with Crippen molar-refractivity contribution in [2.75, 3.05) is 39.6 Å². The molecule has 4 N–H and O–H groups in total. The summed E-state index contributed by atoms with van der Waals surface area (Å²) in [5, 5.41) is 20.6. The number of carbonyl (C=O) groups is 3. The Hall–Kier alpha value is -2.49. The van der Waals surface area contributed by atoms with E-state index in [9.17, 15) is 43.5 Å². The molecule has 0 spiro atoms. The Balaban J connectivity index is 4.38. The maximum Gasteiger partial charge on any atom is 0.472 e. The molecule has 0 saturated heterocycles. The molecule has 0 fully saturated rings. The molecule has 0 radical (unpaired) electrons. The molecule has 0 aromatic carbocycles. The number of hydrogen-bond donors (Lipinski definition) is 4. The van der Waals surface area contributed by atoms with E-state index in [0.717, 1.165) is 89.9 Å². The lowest BCUT2D eigenvalue weighted by atomic mass is 10.0. The van der Waals surface area contributed by atoms with E-state index < -0.39 is 91.5 Å². The van der Waals surface area contributed by atoms with Gasteiger partial charge in [-0.1, -0.05) is 307 Å². The molecule has 0 heterocycles. The minimum atomic E-state index is -4.91. The lowest BCUT2D eigenvalue weighted by Crippen LogP contribution is -2.30. The predicted octanol–water partition coefficient (Wildman–Crippen LogP) is 20.8. The first-order chi connectivity index (χ1) is 44.2. The van der Waals surface area contributed by atoms with E-state index in [1.54, 1.807) is 0 Å². The van der Waals surface area contributed by atoms with Gasteiger partial charge < -0.3 is 34.2 Å². The Labute approximate surface area is 555 Å². The summed E-state index contributed by atoms with van der Waals surface area (Å²) in [7, 11) is -9.75. The molecule has 16 nitrogen and oxygen atoms in total. The van der Waals surface area contributed by atoms with Crippen LogP contribution in [0.25, 0.3) is 0 Å². The number of aliphatic hydroxyl groups excluding tert-OH is 2. The van der Waals surface area contributed by atoms with Crippen LogP contribution in [0.3, 0.4) is 0 Å². The van der Waals surface area contributed by atoms with Gasteiger partial charge in [0.25, 0.3) is 0 Å². The SMILES string of the molecule is CCCCC/C=C\C/C=C\C/C=C\C/C=C\CCCCCCCCCCCCCCCC(=O)OCC(O)COP(=O)(O)OCC(O)COP(=O)(O)OCC(COC(=O)CCCCCCCCCCCCCCC)OC(=O)CCCCCCCCCCCCCCC. The number of rotatable bonds is 71. The second-order valence-electron chi connectivity index (χ2n) is 25.1. The lowest BCUT2D eigenvalue weighted by Gasteiger charge is -2.21. The highest BCUT2D eigenvalue weighted by molar-refractivity contribution is 7.47. The fourth-order valence-corrected chi connectivity index (χ4v) is 12.0. The van der Waals surface area contributed by atoms with Crippen molar-refractivity contribution in [1.29, 1.82) is 0 Å². The van der Waals surface area contributed by atoms with Crippen molar-refractivity contribution in [3.8, 4) is 0 Å². The van der Waals surface area contributed by atoms with Crippen molar-refractivity contribution < 1.29 is 75.8 Å². The Morgan fingerprint density at radius 2 is 0.549 bits per heavy atom. The normalized spacial score (nSPS) is 14.4.